The van der Waals surface area contributed by atoms with E-state index >= 15 is 0 Å². The Morgan fingerprint density at radius 3 is 2.33 bits per heavy atom. The summed E-state index contributed by atoms with van der Waals surface area (Å²) in [6.07, 6.45) is 0.876. The van der Waals surface area contributed by atoms with Gasteiger partial charge in [-0.15, -0.1) is 0 Å². The first-order valence-electron chi connectivity index (χ1n) is 11.6. The number of benzene rings is 2. The Balaban J connectivity index is 1.65. The van der Waals surface area contributed by atoms with Crippen molar-refractivity contribution in [1.29, 1.82) is 0 Å². The molecule has 188 valence electrons. The molecule has 9 heteroatoms. The molecule has 0 saturated heterocycles. The average Bonchev–Trinajstić information content (AvgIpc) is 3.26. The van der Waals surface area contributed by atoms with Gasteiger partial charge < -0.3 is 33.9 Å². The molecule has 1 aliphatic carbocycles. The lowest BCUT2D eigenvalue weighted by Crippen LogP contribution is -2.29. The highest BCUT2D eigenvalue weighted by molar-refractivity contribution is 6.01. The zero-order valence-corrected chi connectivity index (χ0v) is 20.8. The minimum absolute atomic E-state index is 0.00822. The van der Waals surface area contributed by atoms with Crippen LogP contribution in [0.25, 0.3) is 0 Å². The fraction of sp³-hybridized carbons (Fsp3) is 0.333. The molecular formula is C27H28N2O7. The topological polar surface area (TPSA) is 112 Å². The van der Waals surface area contributed by atoms with Gasteiger partial charge in [-0.1, -0.05) is 11.2 Å². The van der Waals surface area contributed by atoms with Crippen molar-refractivity contribution in [1.82, 2.24) is 5.16 Å². The molecule has 2 aromatic carbocycles. The van der Waals surface area contributed by atoms with Crippen molar-refractivity contribution in [3.63, 3.8) is 0 Å². The number of Topliss-reactive ketones (excluding diaryl/α,β-unsaturated/α-hetero) is 1. The van der Waals surface area contributed by atoms with Gasteiger partial charge in [0.25, 0.3) is 0 Å². The third-order valence-electron chi connectivity index (χ3n) is 6.98. The largest absolute Gasteiger partial charge is 0.504 e. The predicted octanol–water partition coefficient (Wildman–Crippen LogP) is 4.68. The SMILES string of the molecule is COc1cc(C2CC(=O)C3=C(C2)Nc2onc(C)c2C3c2cc(OC)c(OC)cc2OC)ccc1O. The lowest BCUT2D eigenvalue weighted by molar-refractivity contribution is -0.116. The van der Waals surface area contributed by atoms with Crippen molar-refractivity contribution in [2.45, 2.75) is 31.6 Å². The highest BCUT2D eigenvalue weighted by Crippen LogP contribution is 2.52. The summed E-state index contributed by atoms with van der Waals surface area (Å²) in [7, 11) is 6.22. The molecule has 2 N–H and O–H groups in total. The van der Waals surface area contributed by atoms with Crippen molar-refractivity contribution in [3.8, 4) is 28.7 Å². The van der Waals surface area contributed by atoms with E-state index in [1.165, 1.54) is 7.11 Å². The Hall–Kier alpha value is -4.14. The minimum atomic E-state index is -0.458. The molecule has 2 aliphatic rings. The molecule has 0 amide bonds. The van der Waals surface area contributed by atoms with E-state index < -0.39 is 5.92 Å². The Bertz CT molecular complexity index is 1370. The Labute approximate surface area is 208 Å². The molecule has 9 nitrogen and oxygen atoms in total. The quantitative estimate of drug-likeness (QED) is 0.506. The van der Waals surface area contributed by atoms with Gasteiger partial charge >= 0.3 is 0 Å². The van der Waals surface area contributed by atoms with E-state index in [1.807, 2.05) is 19.1 Å². The van der Waals surface area contributed by atoms with Crippen LogP contribution >= 0.6 is 0 Å². The molecule has 36 heavy (non-hydrogen) atoms. The summed E-state index contributed by atoms with van der Waals surface area (Å²) in [5.74, 6) is 2.01. The number of fused-ring (bicyclic) bond motifs is 1. The zero-order valence-electron chi connectivity index (χ0n) is 20.8. The van der Waals surface area contributed by atoms with Crippen molar-refractivity contribution in [2.24, 2.45) is 0 Å². The molecule has 2 atom stereocenters. The number of aromatic nitrogens is 1. The van der Waals surface area contributed by atoms with Gasteiger partial charge in [0.1, 0.15) is 5.75 Å². The van der Waals surface area contributed by atoms with Gasteiger partial charge in [-0.2, -0.15) is 0 Å². The van der Waals surface area contributed by atoms with E-state index in [2.05, 4.69) is 10.5 Å². The third-order valence-corrected chi connectivity index (χ3v) is 6.98. The molecule has 1 aliphatic heterocycles. The summed E-state index contributed by atoms with van der Waals surface area (Å²) in [4.78, 5) is 13.8. The lowest BCUT2D eigenvalue weighted by Gasteiger charge is -2.35. The van der Waals surface area contributed by atoms with Crippen LogP contribution in [-0.2, 0) is 4.79 Å². The summed E-state index contributed by atoms with van der Waals surface area (Å²) in [5, 5.41) is 17.5. The molecule has 0 saturated carbocycles. The normalized spacial score (nSPS) is 18.8. The summed E-state index contributed by atoms with van der Waals surface area (Å²) >= 11 is 0. The van der Waals surface area contributed by atoms with Crippen molar-refractivity contribution < 1.29 is 33.4 Å². The number of hydrogen-bond acceptors (Lipinski definition) is 9. The molecule has 0 bridgehead atoms. The second-order valence-corrected chi connectivity index (χ2v) is 8.87. The van der Waals surface area contributed by atoms with E-state index in [9.17, 15) is 9.90 Å². The first-order valence-corrected chi connectivity index (χ1v) is 11.6. The Kier molecular flexibility index (Phi) is 5.99. The Morgan fingerprint density at radius 1 is 0.944 bits per heavy atom. The van der Waals surface area contributed by atoms with Gasteiger partial charge in [-0.05, 0) is 43.0 Å². The number of phenols is 1. The summed E-state index contributed by atoms with van der Waals surface area (Å²) in [6.45, 7) is 1.86. The number of aromatic hydroxyl groups is 1. The maximum atomic E-state index is 13.8. The van der Waals surface area contributed by atoms with E-state index in [0.29, 0.717) is 53.0 Å². The summed E-state index contributed by atoms with van der Waals surface area (Å²) in [6, 6.07) is 8.80. The average molecular weight is 493 g/mol. The number of hydrogen-bond donors (Lipinski definition) is 2. The Morgan fingerprint density at radius 2 is 1.64 bits per heavy atom. The smallest absolute Gasteiger partial charge is 0.233 e. The van der Waals surface area contributed by atoms with E-state index in [4.69, 9.17) is 23.5 Å². The zero-order chi connectivity index (χ0) is 25.6. The van der Waals surface area contributed by atoms with Gasteiger partial charge in [-0.3, -0.25) is 4.79 Å². The number of ketones is 1. The number of carbonyl (C=O) groups is 1. The molecule has 2 unspecified atom stereocenters. The van der Waals surface area contributed by atoms with Crippen LogP contribution in [0, 0.1) is 6.92 Å². The van der Waals surface area contributed by atoms with Crippen LogP contribution in [0.3, 0.4) is 0 Å². The third kappa shape index (κ3) is 3.71. The first kappa shape index (κ1) is 23.6. The fourth-order valence-corrected chi connectivity index (χ4v) is 5.25. The predicted molar refractivity (Wildman–Crippen MR) is 131 cm³/mol. The lowest BCUT2D eigenvalue weighted by atomic mass is 9.72. The molecule has 3 aromatic rings. The van der Waals surface area contributed by atoms with Crippen molar-refractivity contribution in [3.05, 3.63) is 64.0 Å². The summed E-state index contributed by atoms with van der Waals surface area (Å²) < 4.78 is 27.7. The van der Waals surface area contributed by atoms with Crippen molar-refractivity contribution in [2.75, 3.05) is 33.8 Å². The highest BCUT2D eigenvalue weighted by atomic mass is 16.5. The van der Waals surface area contributed by atoms with Gasteiger partial charge in [0, 0.05) is 29.3 Å². The monoisotopic (exact) mass is 492 g/mol. The number of phenolic OH excluding ortho intramolecular Hbond substituents is 1. The number of anilines is 1. The van der Waals surface area contributed by atoms with Gasteiger partial charge in [0.15, 0.2) is 28.8 Å². The molecule has 2 heterocycles. The number of ether oxygens (including phenoxy) is 4. The maximum Gasteiger partial charge on any atom is 0.233 e. The number of allylic oxidation sites excluding steroid dienone is 2. The van der Waals surface area contributed by atoms with Crippen LogP contribution in [-0.4, -0.2) is 44.5 Å². The van der Waals surface area contributed by atoms with Crippen LogP contribution in [0.5, 0.6) is 28.7 Å². The number of aryl methyl sites for hydroxylation is 1. The fourth-order valence-electron chi connectivity index (χ4n) is 5.25. The van der Waals surface area contributed by atoms with Gasteiger partial charge in [-0.25, -0.2) is 0 Å². The van der Waals surface area contributed by atoms with Crippen LogP contribution in [0.15, 0.2) is 46.1 Å². The van der Waals surface area contributed by atoms with Crippen LogP contribution in [0.4, 0.5) is 5.88 Å². The second kappa shape index (κ2) is 9.14. The van der Waals surface area contributed by atoms with Crippen LogP contribution in [0.2, 0.25) is 0 Å². The van der Waals surface area contributed by atoms with E-state index in [0.717, 1.165) is 22.4 Å². The molecule has 0 radical (unpaired) electrons. The number of rotatable bonds is 6. The van der Waals surface area contributed by atoms with Gasteiger partial charge in [0.05, 0.1) is 45.6 Å². The number of carbonyl (C=O) groups excluding carboxylic acids is 1. The molecular weight excluding hydrogens is 464 g/mol. The van der Waals surface area contributed by atoms with Crippen LogP contribution in [0.1, 0.15) is 47.1 Å². The number of methoxy groups -OCH3 is 4. The molecule has 0 spiro atoms. The number of nitrogens with one attached hydrogen (secondary N) is 1. The van der Waals surface area contributed by atoms with Crippen LogP contribution < -0.4 is 24.3 Å². The van der Waals surface area contributed by atoms with E-state index in [1.54, 1.807) is 39.5 Å². The second-order valence-electron chi connectivity index (χ2n) is 8.87. The first-order chi connectivity index (χ1) is 17.4. The minimum Gasteiger partial charge on any atom is -0.504 e. The highest BCUT2D eigenvalue weighted by Gasteiger charge is 2.42. The molecule has 0 fully saturated rings. The maximum absolute atomic E-state index is 13.8. The van der Waals surface area contributed by atoms with Gasteiger partial charge in [0.2, 0.25) is 5.88 Å². The van der Waals surface area contributed by atoms with E-state index in [-0.39, 0.29) is 17.5 Å². The standard InChI is InChI=1S/C27H28N2O7/c1-13-24-25(16-11-22(34-4)23(35-5)12-20(16)32-2)26-17(28-27(24)36-29-13)8-15(9-19(26)31)14-6-7-18(30)21(10-14)33-3/h6-7,10-12,15,25,28,30H,8-9H2,1-5H3. The summed E-state index contributed by atoms with van der Waals surface area (Å²) in [5.41, 5.74) is 4.57. The number of nitrogens with zero attached hydrogens (tertiary/aromatic N) is 1. The van der Waals surface area contributed by atoms with Crippen molar-refractivity contribution >= 4 is 11.7 Å². The molecule has 5 rings (SSSR count). The molecule has 1 aromatic heterocycles.